The highest BCUT2D eigenvalue weighted by molar-refractivity contribution is 7.11. The summed E-state index contributed by atoms with van der Waals surface area (Å²) in [6.07, 6.45) is 0. The zero-order chi connectivity index (χ0) is 13.7. The SMILES string of the molecule is COCc1ccc(CNCc2ccc(Cl)c(Cl)c2)s1. The Balaban J connectivity index is 1.83. The largest absolute Gasteiger partial charge is 0.379 e. The van der Waals surface area contributed by atoms with Gasteiger partial charge in [0.1, 0.15) is 0 Å². The first-order valence-electron chi connectivity index (χ1n) is 5.90. The number of benzene rings is 1. The molecule has 0 aliphatic heterocycles. The van der Waals surface area contributed by atoms with E-state index in [1.165, 1.54) is 9.75 Å². The molecule has 1 heterocycles. The second kappa shape index (κ2) is 7.27. The molecule has 0 fully saturated rings. The van der Waals surface area contributed by atoms with E-state index in [9.17, 15) is 0 Å². The number of hydrogen-bond acceptors (Lipinski definition) is 3. The lowest BCUT2D eigenvalue weighted by atomic mass is 10.2. The van der Waals surface area contributed by atoms with Gasteiger partial charge in [0.2, 0.25) is 0 Å². The number of nitrogens with one attached hydrogen (secondary N) is 1. The molecule has 0 aliphatic carbocycles. The van der Waals surface area contributed by atoms with Crippen molar-refractivity contribution < 1.29 is 4.74 Å². The number of rotatable bonds is 6. The van der Waals surface area contributed by atoms with Crippen molar-refractivity contribution in [2.45, 2.75) is 19.7 Å². The van der Waals surface area contributed by atoms with Crippen molar-refractivity contribution in [2.24, 2.45) is 0 Å². The van der Waals surface area contributed by atoms with Gasteiger partial charge in [-0.1, -0.05) is 29.3 Å². The van der Waals surface area contributed by atoms with Gasteiger partial charge in [-0.2, -0.15) is 0 Å². The van der Waals surface area contributed by atoms with Crippen LogP contribution < -0.4 is 5.32 Å². The lowest BCUT2D eigenvalue weighted by Gasteiger charge is -2.05. The van der Waals surface area contributed by atoms with Crippen LogP contribution in [-0.2, 0) is 24.4 Å². The molecule has 0 spiro atoms. The summed E-state index contributed by atoms with van der Waals surface area (Å²) in [7, 11) is 1.71. The van der Waals surface area contributed by atoms with Gasteiger partial charge in [0.15, 0.2) is 0 Å². The Morgan fingerprint density at radius 3 is 2.58 bits per heavy atom. The minimum absolute atomic E-state index is 0.591. The van der Waals surface area contributed by atoms with Crippen molar-refractivity contribution in [1.82, 2.24) is 5.32 Å². The van der Waals surface area contributed by atoms with Crippen molar-refractivity contribution in [3.63, 3.8) is 0 Å². The van der Waals surface area contributed by atoms with Gasteiger partial charge in [0, 0.05) is 30.0 Å². The van der Waals surface area contributed by atoms with Crippen LogP contribution in [-0.4, -0.2) is 7.11 Å². The summed E-state index contributed by atoms with van der Waals surface area (Å²) < 4.78 is 5.10. The molecule has 2 rings (SSSR count). The molecule has 19 heavy (non-hydrogen) atoms. The second-order valence-corrected chi connectivity index (χ2v) is 6.22. The predicted molar refractivity (Wildman–Crippen MR) is 82.0 cm³/mol. The van der Waals surface area contributed by atoms with Crippen LogP contribution in [0.15, 0.2) is 30.3 Å². The van der Waals surface area contributed by atoms with Crippen molar-refractivity contribution in [3.05, 3.63) is 55.7 Å². The van der Waals surface area contributed by atoms with Crippen LogP contribution >= 0.6 is 34.5 Å². The summed E-state index contributed by atoms with van der Waals surface area (Å²) in [5.41, 5.74) is 1.13. The third kappa shape index (κ3) is 4.48. The van der Waals surface area contributed by atoms with Gasteiger partial charge < -0.3 is 10.1 Å². The number of thiophene rings is 1. The first-order chi connectivity index (χ1) is 9.19. The lowest BCUT2D eigenvalue weighted by molar-refractivity contribution is 0.187. The molecule has 2 aromatic rings. The molecular formula is C14H15Cl2NOS. The summed E-state index contributed by atoms with van der Waals surface area (Å²) in [5, 5.41) is 4.58. The average molecular weight is 316 g/mol. The fourth-order valence-electron chi connectivity index (χ4n) is 1.72. The van der Waals surface area contributed by atoms with Crippen molar-refractivity contribution >= 4 is 34.5 Å². The molecular weight excluding hydrogens is 301 g/mol. The van der Waals surface area contributed by atoms with Gasteiger partial charge in [-0.15, -0.1) is 11.3 Å². The third-order valence-electron chi connectivity index (χ3n) is 2.62. The van der Waals surface area contributed by atoms with E-state index < -0.39 is 0 Å². The molecule has 0 saturated carbocycles. The fourth-order valence-corrected chi connectivity index (χ4v) is 3.00. The van der Waals surface area contributed by atoms with Crippen LogP contribution in [0.1, 0.15) is 15.3 Å². The number of methoxy groups -OCH3 is 1. The maximum atomic E-state index is 5.98. The fraction of sp³-hybridized carbons (Fsp3) is 0.286. The van der Waals surface area contributed by atoms with Gasteiger partial charge in [0.05, 0.1) is 16.7 Å². The Bertz CT molecular complexity index is 542. The molecule has 0 unspecified atom stereocenters. The van der Waals surface area contributed by atoms with Crippen molar-refractivity contribution in [2.75, 3.05) is 7.11 Å². The Hall–Kier alpha value is -0.580. The number of ether oxygens (including phenoxy) is 1. The van der Waals surface area contributed by atoms with Crippen LogP contribution in [0.3, 0.4) is 0 Å². The summed E-state index contributed by atoms with van der Waals surface area (Å²) in [5.74, 6) is 0. The van der Waals surface area contributed by atoms with E-state index in [2.05, 4.69) is 17.4 Å². The van der Waals surface area contributed by atoms with E-state index in [0.717, 1.165) is 18.7 Å². The van der Waals surface area contributed by atoms with E-state index in [-0.39, 0.29) is 0 Å². The molecule has 0 bridgehead atoms. The molecule has 1 aromatic carbocycles. The molecule has 0 saturated heterocycles. The van der Waals surface area contributed by atoms with Gasteiger partial charge in [-0.25, -0.2) is 0 Å². The monoisotopic (exact) mass is 315 g/mol. The minimum atomic E-state index is 0.591. The van der Waals surface area contributed by atoms with Gasteiger partial charge in [-0.3, -0.25) is 0 Å². The molecule has 5 heteroatoms. The van der Waals surface area contributed by atoms with Gasteiger partial charge in [-0.05, 0) is 29.8 Å². The highest BCUT2D eigenvalue weighted by Gasteiger charge is 2.01. The van der Waals surface area contributed by atoms with Crippen molar-refractivity contribution in [1.29, 1.82) is 0 Å². The van der Waals surface area contributed by atoms with Crippen LogP contribution in [0, 0.1) is 0 Å². The Kier molecular flexibility index (Phi) is 5.67. The summed E-state index contributed by atoms with van der Waals surface area (Å²) in [6, 6.07) is 9.92. The van der Waals surface area contributed by atoms with Crippen LogP contribution in [0.5, 0.6) is 0 Å². The summed E-state index contributed by atoms with van der Waals surface area (Å²) in [6.45, 7) is 2.29. The summed E-state index contributed by atoms with van der Waals surface area (Å²) >= 11 is 13.6. The first kappa shape index (κ1) is 14.8. The smallest absolute Gasteiger partial charge is 0.0805 e. The first-order valence-corrected chi connectivity index (χ1v) is 7.47. The molecule has 1 aromatic heterocycles. The molecule has 1 N–H and O–H groups in total. The predicted octanol–water partition coefficient (Wildman–Crippen LogP) is 4.49. The number of halogens is 2. The number of hydrogen-bond donors (Lipinski definition) is 1. The molecule has 0 radical (unpaired) electrons. The Morgan fingerprint density at radius 1 is 1.05 bits per heavy atom. The normalized spacial score (nSPS) is 10.9. The van der Waals surface area contributed by atoms with Gasteiger partial charge in [0.25, 0.3) is 0 Å². The molecule has 0 atom stereocenters. The standard InChI is InChI=1S/C14H15Cl2NOS/c1-18-9-12-4-3-11(19-12)8-17-7-10-2-5-13(15)14(16)6-10/h2-6,17H,7-9H2,1H3. The van der Waals surface area contributed by atoms with E-state index in [0.29, 0.717) is 16.7 Å². The highest BCUT2D eigenvalue weighted by Crippen LogP contribution is 2.22. The second-order valence-electron chi connectivity index (χ2n) is 4.15. The topological polar surface area (TPSA) is 21.3 Å². The van der Waals surface area contributed by atoms with Crippen LogP contribution in [0.25, 0.3) is 0 Å². The molecule has 102 valence electrons. The molecule has 0 amide bonds. The van der Waals surface area contributed by atoms with E-state index in [4.69, 9.17) is 27.9 Å². The van der Waals surface area contributed by atoms with E-state index >= 15 is 0 Å². The zero-order valence-electron chi connectivity index (χ0n) is 10.6. The maximum absolute atomic E-state index is 5.98. The average Bonchev–Trinajstić information content (AvgIpc) is 2.82. The molecule has 2 nitrogen and oxygen atoms in total. The van der Waals surface area contributed by atoms with Gasteiger partial charge >= 0.3 is 0 Å². The summed E-state index contributed by atoms with van der Waals surface area (Å²) in [4.78, 5) is 2.54. The highest BCUT2D eigenvalue weighted by atomic mass is 35.5. The minimum Gasteiger partial charge on any atom is -0.379 e. The van der Waals surface area contributed by atoms with E-state index in [1.54, 1.807) is 18.4 Å². The van der Waals surface area contributed by atoms with E-state index in [1.807, 2.05) is 18.2 Å². The lowest BCUT2D eigenvalue weighted by Crippen LogP contribution is -2.11. The quantitative estimate of drug-likeness (QED) is 0.848. The Morgan fingerprint density at radius 2 is 1.84 bits per heavy atom. The van der Waals surface area contributed by atoms with Crippen LogP contribution in [0.2, 0.25) is 10.0 Å². The maximum Gasteiger partial charge on any atom is 0.0805 e. The molecule has 0 aliphatic rings. The van der Waals surface area contributed by atoms with Crippen molar-refractivity contribution in [3.8, 4) is 0 Å². The third-order valence-corrected chi connectivity index (χ3v) is 4.41. The zero-order valence-corrected chi connectivity index (χ0v) is 12.9. The van der Waals surface area contributed by atoms with Crippen LogP contribution in [0.4, 0.5) is 0 Å². The Labute approximate surface area is 127 Å².